The number of nitriles is 1. The number of carbonyl (C=O) groups is 2. The number of thiazole rings is 1. The molecule has 1 aromatic rings. The van der Waals surface area contributed by atoms with Crippen LogP contribution >= 0.6 is 11.3 Å². The van der Waals surface area contributed by atoms with Crippen LogP contribution in [0.5, 0.6) is 0 Å². The summed E-state index contributed by atoms with van der Waals surface area (Å²) in [6.07, 6.45) is 0.272. The molecule has 0 atom stereocenters. The monoisotopic (exact) mass is 281 g/mol. The van der Waals surface area contributed by atoms with Gasteiger partial charge in [-0.1, -0.05) is 0 Å². The summed E-state index contributed by atoms with van der Waals surface area (Å²) >= 11 is 1.08. The Morgan fingerprint density at radius 3 is 2.84 bits per heavy atom. The normalized spacial score (nSPS) is 9.74. The van der Waals surface area contributed by atoms with Crippen LogP contribution in [-0.2, 0) is 4.74 Å². The molecule has 19 heavy (non-hydrogen) atoms. The highest BCUT2D eigenvalue weighted by molar-refractivity contribution is 7.11. The summed E-state index contributed by atoms with van der Waals surface area (Å²) in [4.78, 5) is 29.0. The molecule has 0 aliphatic rings. The van der Waals surface area contributed by atoms with Gasteiger partial charge in [-0.25, -0.2) is 9.78 Å². The number of ether oxygens (including phenoxy) is 1. The summed E-state index contributed by atoms with van der Waals surface area (Å²) in [6.45, 7) is 4.65. The number of hydrogen-bond donors (Lipinski definition) is 0. The highest BCUT2D eigenvalue weighted by atomic mass is 32.1. The minimum atomic E-state index is -0.522. The molecule has 0 aliphatic carbocycles. The molecule has 0 unspecified atom stereocenters. The minimum absolute atomic E-state index is 0.168. The Hall–Kier alpha value is -1.94. The fourth-order valence-corrected chi connectivity index (χ4v) is 2.09. The quantitative estimate of drug-likeness (QED) is 0.741. The van der Waals surface area contributed by atoms with Gasteiger partial charge in [0.1, 0.15) is 5.69 Å². The first-order valence-electron chi connectivity index (χ1n) is 5.92. The zero-order valence-electron chi connectivity index (χ0n) is 10.9. The second kappa shape index (κ2) is 7.48. The summed E-state index contributed by atoms with van der Waals surface area (Å²) in [7, 11) is 0. The van der Waals surface area contributed by atoms with Crippen LogP contribution in [0.1, 0.15) is 40.6 Å². The van der Waals surface area contributed by atoms with E-state index in [1.807, 2.05) is 13.0 Å². The van der Waals surface area contributed by atoms with Gasteiger partial charge in [0, 0.05) is 18.5 Å². The summed E-state index contributed by atoms with van der Waals surface area (Å²) in [5.41, 5.74) is 0.216. The fraction of sp³-hybridized carbons (Fsp3) is 0.500. The van der Waals surface area contributed by atoms with Crippen molar-refractivity contribution in [2.75, 3.05) is 19.7 Å². The summed E-state index contributed by atoms with van der Waals surface area (Å²) in [5.74, 6) is -0.795. The van der Waals surface area contributed by atoms with Gasteiger partial charge in [0.15, 0.2) is 0 Å². The molecule has 1 rings (SSSR count). The van der Waals surface area contributed by atoms with Crippen molar-refractivity contribution >= 4 is 23.2 Å². The van der Waals surface area contributed by atoms with E-state index in [2.05, 4.69) is 4.98 Å². The number of aromatic nitrogens is 1. The maximum atomic E-state index is 12.1. The molecular weight excluding hydrogens is 266 g/mol. The molecule has 0 spiro atoms. The van der Waals surface area contributed by atoms with Crippen LogP contribution < -0.4 is 0 Å². The van der Waals surface area contributed by atoms with E-state index in [1.165, 1.54) is 10.3 Å². The molecule has 0 radical (unpaired) electrons. The SMILES string of the molecule is CCOC(=O)c1nc(C(=O)N(CC)CCC#N)cs1. The second-order valence-corrected chi connectivity index (χ2v) is 4.41. The van der Waals surface area contributed by atoms with Crippen molar-refractivity contribution in [3.05, 3.63) is 16.1 Å². The molecule has 1 amide bonds. The van der Waals surface area contributed by atoms with Crippen LogP contribution in [0.25, 0.3) is 0 Å². The first-order valence-corrected chi connectivity index (χ1v) is 6.80. The average molecular weight is 281 g/mol. The van der Waals surface area contributed by atoms with Crippen LogP contribution in [0.4, 0.5) is 0 Å². The molecular formula is C12H15N3O3S. The maximum Gasteiger partial charge on any atom is 0.367 e. The van der Waals surface area contributed by atoms with Crippen LogP contribution in [-0.4, -0.2) is 41.5 Å². The first kappa shape index (κ1) is 15.1. The lowest BCUT2D eigenvalue weighted by Crippen LogP contribution is -2.31. The number of rotatable bonds is 6. The predicted octanol–water partition coefficient (Wildman–Crippen LogP) is 1.70. The zero-order chi connectivity index (χ0) is 14.3. The molecule has 102 valence electrons. The standard InChI is InChI=1S/C12H15N3O3S/c1-3-15(7-5-6-13)11(16)9-8-19-10(14-9)12(17)18-4-2/h8H,3-5,7H2,1-2H3. The predicted molar refractivity (Wildman–Crippen MR) is 69.9 cm³/mol. The number of carbonyl (C=O) groups excluding carboxylic acids is 2. The van der Waals surface area contributed by atoms with E-state index < -0.39 is 5.97 Å². The van der Waals surface area contributed by atoms with Crippen molar-refractivity contribution in [2.45, 2.75) is 20.3 Å². The molecule has 0 N–H and O–H groups in total. The number of esters is 1. The smallest absolute Gasteiger partial charge is 0.367 e. The Bertz CT molecular complexity index is 493. The topological polar surface area (TPSA) is 83.3 Å². The van der Waals surface area contributed by atoms with E-state index in [4.69, 9.17) is 10.00 Å². The summed E-state index contributed by atoms with van der Waals surface area (Å²) in [5, 5.41) is 10.2. The Balaban J connectivity index is 2.77. The lowest BCUT2D eigenvalue weighted by atomic mass is 10.3. The van der Waals surface area contributed by atoms with Crippen LogP contribution in [0.2, 0.25) is 0 Å². The highest BCUT2D eigenvalue weighted by Crippen LogP contribution is 2.13. The van der Waals surface area contributed by atoms with Crippen molar-refractivity contribution in [3.8, 4) is 6.07 Å². The minimum Gasteiger partial charge on any atom is -0.461 e. The molecule has 0 fully saturated rings. The lowest BCUT2D eigenvalue weighted by molar-refractivity contribution is 0.0526. The number of amides is 1. The molecule has 6 nitrogen and oxygen atoms in total. The van der Waals surface area contributed by atoms with Gasteiger partial charge in [0.2, 0.25) is 5.01 Å². The number of hydrogen-bond acceptors (Lipinski definition) is 6. The lowest BCUT2D eigenvalue weighted by Gasteiger charge is -2.17. The summed E-state index contributed by atoms with van der Waals surface area (Å²) in [6, 6.07) is 1.99. The van der Waals surface area contributed by atoms with E-state index in [0.29, 0.717) is 13.1 Å². The van der Waals surface area contributed by atoms with Gasteiger partial charge in [-0.3, -0.25) is 4.79 Å². The fourth-order valence-electron chi connectivity index (χ4n) is 1.41. The Morgan fingerprint density at radius 1 is 1.53 bits per heavy atom. The van der Waals surface area contributed by atoms with Crippen molar-refractivity contribution < 1.29 is 14.3 Å². The van der Waals surface area contributed by atoms with E-state index in [9.17, 15) is 9.59 Å². The average Bonchev–Trinajstić information content (AvgIpc) is 2.89. The zero-order valence-corrected chi connectivity index (χ0v) is 11.7. The Kier molecular flexibility index (Phi) is 5.96. The van der Waals surface area contributed by atoms with Crippen molar-refractivity contribution in [3.63, 3.8) is 0 Å². The third-order valence-corrected chi connectivity index (χ3v) is 3.16. The molecule has 0 saturated carbocycles. The third-order valence-electron chi connectivity index (χ3n) is 2.34. The van der Waals surface area contributed by atoms with Gasteiger partial charge in [-0.2, -0.15) is 5.26 Å². The van der Waals surface area contributed by atoms with Crippen molar-refractivity contribution in [2.24, 2.45) is 0 Å². The molecule has 1 aromatic heterocycles. The van der Waals surface area contributed by atoms with Gasteiger partial charge in [-0.15, -0.1) is 11.3 Å². The van der Waals surface area contributed by atoms with Gasteiger partial charge >= 0.3 is 5.97 Å². The molecule has 0 aliphatic heterocycles. The van der Waals surface area contributed by atoms with E-state index in [1.54, 1.807) is 6.92 Å². The number of nitrogens with zero attached hydrogens (tertiary/aromatic N) is 3. The maximum absolute atomic E-state index is 12.1. The van der Waals surface area contributed by atoms with Gasteiger partial charge in [-0.05, 0) is 13.8 Å². The molecule has 7 heteroatoms. The largest absolute Gasteiger partial charge is 0.461 e. The molecule has 0 aromatic carbocycles. The molecule has 1 heterocycles. The van der Waals surface area contributed by atoms with Crippen LogP contribution in [0.15, 0.2) is 5.38 Å². The molecule has 0 saturated heterocycles. The molecule has 0 bridgehead atoms. The third kappa shape index (κ3) is 4.03. The Morgan fingerprint density at radius 2 is 2.26 bits per heavy atom. The van der Waals surface area contributed by atoms with E-state index in [-0.39, 0.29) is 29.6 Å². The highest BCUT2D eigenvalue weighted by Gasteiger charge is 2.20. The first-order chi connectivity index (χ1) is 9.13. The van der Waals surface area contributed by atoms with E-state index >= 15 is 0 Å². The van der Waals surface area contributed by atoms with Gasteiger partial charge in [0.25, 0.3) is 5.91 Å². The second-order valence-electron chi connectivity index (χ2n) is 3.55. The van der Waals surface area contributed by atoms with Crippen LogP contribution in [0, 0.1) is 11.3 Å². The summed E-state index contributed by atoms with van der Waals surface area (Å²) < 4.78 is 4.81. The Labute approximate surface area is 115 Å². The van der Waals surface area contributed by atoms with Crippen molar-refractivity contribution in [1.82, 2.24) is 9.88 Å². The van der Waals surface area contributed by atoms with Crippen LogP contribution in [0.3, 0.4) is 0 Å². The van der Waals surface area contributed by atoms with Gasteiger partial charge in [0.05, 0.1) is 19.1 Å². The van der Waals surface area contributed by atoms with Crippen molar-refractivity contribution in [1.29, 1.82) is 5.26 Å². The van der Waals surface area contributed by atoms with E-state index in [0.717, 1.165) is 11.3 Å². The van der Waals surface area contributed by atoms with Gasteiger partial charge < -0.3 is 9.64 Å².